The number of sulfonamides is 1. The zero-order valence-corrected chi connectivity index (χ0v) is 17.1. The van der Waals surface area contributed by atoms with Crippen LogP contribution in [0.5, 0.6) is 5.75 Å². The van der Waals surface area contributed by atoms with Crippen molar-refractivity contribution < 1.29 is 17.9 Å². The van der Waals surface area contributed by atoms with Gasteiger partial charge in [-0.2, -0.15) is 0 Å². The minimum absolute atomic E-state index is 0.0652. The van der Waals surface area contributed by atoms with Gasteiger partial charge in [-0.25, -0.2) is 13.1 Å². The number of benzene rings is 2. The maximum Gasteiger partial charge on any atom is 0.251 e. The van der Waals surface area contributed by atoms with E-state index in [9.17, 15) is 13.2 Å². The van der Waals surface area contributed by atoms with Crippen LogP contribution in [-0.4, -0.2) is 28.0 Å². The van der Waals surface area contributed by atoms with Crippen LogP contribution in [0.2, 0.25) is 0 Å². The fourth-order valence-corrected chi connectivity index (χ4v) is 4.09. The van der Waals surface area contributed by atoms with E-state index in [-0.39, 0.29) is 34.7 Å². The van der Waals surface area contributed by atoms with E-state index in [1.54, 1.807) is 6.92 Å². The molecule has 0 aliphatic carbocycles. The van der Waals surface area contributed by atoms with Crippen molar-refractivity contribution in [3.63, 3.8) is 0 Å². The van der Waals surface area contributed by atoms with Gasteiger partial charge in [-0.1, -0.05) is 35.0 Å². The highest BCUT2D eigenvalue weighted by atomic mass is 79.9. The quantitative estimate of drug-likeness (QED) is 0.691. The van der Waals surface area contributed by atoms with Crippen molar-refractivity contribution >= 4 is 31.9 Å². The highest BCUT2D eigenvalue weighted by Crippen LogP contribution is 2.25. The molecule has 2 aromatic carbocycles. The second-order valence-electron chi connectivity index (χ2n) is 5.62. The number of ether oxygens (including phenoxy) is 1. The Morgan fingerprint density at radius 2 is 1.96 bits per heavy atom. The first-order valence-electron chi connectivity index (χ1n) is 8.02. The number of carbonyl (C=O) groups is 1. The van der Waals surface area contributed by atoms with Gasteiger partial charge in [0.05, 0.1) is 13.2 Å². The predicted octanol–water partition coefficient (Wildman–Crippen LogP) is 3.25. The summed E-state index contributed by atoms with van der Waals surface area (Å²) in [5.74, 6) is -0.185. The molecule has 0 spiro atoms. The summed E-state index contributed by atoms with van der Waals surface area (Å²) in [5, 5.41) is 2.87. The zero-order chi connectivity index (χ0) is 19.3. The van der Waals surface area contributed by atoms with Crippen LogP contribution in [0.25, 0.3) is 0 Å². The molecular weight excluding hydrogens is 420 g/mol. The Kier molecular flexibility index (Phi) is 6.80. The molecule has 1 amide bonds. The van der Waals surface area contributed by atoms with Crippen LogP contribution >= 0.6 is 15.9 Å². The van der Waals surface area contributed by atoms with Crippen molar-refractivity contribution in [1.82, 2.24) is 10.0 Å². The van der Waals surface area contributed by atoms with Gasteiger partial charge in [-0.05, 0) is 42.8 Å². The number of amides is 1. The molecule has 0 unspecified atom stereocenters. The van der Waals surface area contributed by atoms with Crippen molar-refractivity contribution in [2.75, 3.05) is 13.7 Å². The maximum atomic E-state index is 12.6. The average molecular weight is 441 g/mol. The molecule has 6 nitrogen and oxygen atoms in total. The van der Waals surface area contributed by atoms with E-state index in [2.05, 4.69) is 26.0 Å². The molecule has 0 bridgehead atoms. The predicted molar refractivity (Wildman–Crippen MR) is 104 cm³/mol. The molecule has 0 fully saturated rings. The third-order valence-corrected chi connectivity index (χ3v) is 5.81. The van der Waals surface area contributed by atoms with Crippen molar-refractivity contribution in [1.29, 1.82) is 0 Å². The van der Waals surface area contributed by atoms with Crippen LogP contribution in [0.15, 0.2) is 51.8 Å². The lowest BCUT2D eigenvalue weighted by Gasteiger charge is -2.16. The number of halogens is 1. The maximum absolute atomic E-state index is 12.6. The number of methoxy groups -OCH3 is 1. The summed E-state index contributed by atoms with van der Waals surface area (Å²) in [7, 11) is -2.37. The SMILES string of the molecule is CCNS(=O)(=O)c1cc(C(=O)N[C@H](C)c2cccc(Br)c2)ccc1OC. The summed E-state index contributed by atoms with van der Waals surface area (Å²) in [6, 6.07) is 11.7. The van der Waals surface area contributed by atoms with E-state index >= 15 is 0 Å². The van der Waals surface area contributed by atoms with Crippen molar-refractivity contribution in [2.24, 2.45) is 0 Å². The Morgan fingerprint density at radius 3 is 2.58 bits per heavy atom. The molecule has 26 heavy (non-hydrogen) atoms. The summed E-state index contributed by atoms with van der Waals surface area (Å²) >= 11 is 3.40. The average Bonchev–Trinajstić information content (AvgIpc) is 2.61. The van der Waals surface area contributed by atoms with Crippen molar-refractivity contribution in [3.8, 4) is 5.75 Å². The highest BCUT2D eigenvalue weighted by Gasteiger charge is 2.21. The summed E-state index contributed by atoms with van der Waals surface area (Å²) < 4.78 is 33.1. The smallest absolute Gasteiger partial charge is 0.251 e. The molecule has 2 N–H and O–H groups in total. The summed E-state index contributed by atoms with van der Waals surface area (Å²) in [6.45, 7) is 3.78. The first kappa shape index (κ1) is 20.4. The van der Waals surface area contributed by atoms with Gasteiger partial charge in [0, 0.05) is 16.6 Å². The molecule has 1 atom stereocenters. The van der Waals surface area contributed by atoms with Gasteiger partial charge < -0.3 is 10.1 Å². The molecule has 8 heteroatoms. The highest BCUT2D eigenvalue weighted by molar-refractivity contribution is 9.10. The molecule has 0 aromatic heterocycles. The van der Waals surface area contributed by atoms with Gasteiger partial charge in [-0.3, -0.25) is 4.79 Å². The summed E-state index contributed by atoms with van der Waals surface area (Å²) in [4.78, 5) is 12.5. The molecule has 0 aliphatic rings. The van der Waals surface area contributed by atoms with Crippen LogP contribution in [0.1, 0.15) is 35.8 Å². The Labute approximate surface area is 162 Å². The molecule has 0 saturated carbocycles. The van der Waals surface area contributed by atoms with E-state index in [1.807, 2.05) is 31.2 Å². The normalized spacial score (nSPS) is 12.5. The first-order valence-corrected chi connectivity index (χ1v) is 10.3. The number of hydrogen-bond donors (Lipinski definition) is 2. The van der Waals surface area contributed by atoms with E-state index in [0.29, 0.717) is 0 Å². The Hall–Kier alpha value is -1.90. The van der Waals surface area contributed by atoms with E-state index in [1.165, 1.54) is 25.3 Å². The number of hydrogen-bond acceptors (Lipinski definition) is 4. The molecule has 2 aromatic rings. The largest absolute Gasteiger partial charge is 0.495 e. The molecule has 0 saturated heterocycles. The van der Waals surface area contributed by atoms with Gasteiger partial charge in [0.25, 0.3) is 5.91 Å². The first-order chi connectivity index (χ1) is 12.3. The van der Waals surface area contributed by atoms with Crippen LogP contribution < -0.4 is 14.8 Å². The van der Waals surface area contributed by atoms with Crippen LogP contribution in [0.3, 0.4) is 0 Å². The fourth-order valence-electron chi connectivity index (χ4n) is 2.43. The molecule has 140 valence electrons. The molecule has 0 aliphatic heterocycles. The molecule has 2 rings (SSSR count). The molecule has 0 heterocycles. The van der Waals surface area contributed by atoms with Crippen molar-refractivity contribution in [3.05, 3.63) is 58.1 Å². The van der Waals surface area contributed by atoms with Crippen molar-refractivity contribution in [2.45, 2.75) is 24.8 Å². The number of nitrogens with one attached hydrogen (secondary N) is 2. The fraction of sp³-hybridized carbons (Fsp3) is 0.278. The van der Waals surface area contributed by atoms with Gasteiger partial charge in [0.2, 0.25) is 10.0 Å². The standard InChI is InChI=1S/C18H21BrN2O4S/c1-4-20-26(23,24)17-11-14(8-9-16(17)25-3)18(22)21-12(2)13-6-5-7-15(19)10-13/h5-12,20H,4H2,1-3H3,(H,21,22)/t12-/m1/s1. The molecule has 0 radical (unpaired) electrons. The van der Waals surface area contributed by atoms with Gasteiger partial charge in [0.1, 0.15) is 10.6 Å². The minimum Gasteiger partial charge on any atom is -0.495 e. The monoisotopic (exact) mass is 440 g/mol. The minimum atomic E-state index is -3.76. The van der Waals surface area contributed by atoms with E-state index in [4.69, 9.17) is 4.74 Å². The van der Waals surface area contributed by atoms with Crippen LogP contribution in [0, 0.1) is 0 Å². The Morgan fingerprint density at radius 1 is 1.23 bits per heavy atom. The Bertz CT molecular complexity index is 900. The van der Waals surface area contributed by atoms with E-state index < -0.39 is 10.0 Å². The Balaban J connectivity index is 2.29. The lowest BCUT2D eigenvalue weighted by Crippen LogP contribution is -2.28. The van der Waals surface area contributed by atoms with E-state index in [0.717, 1.165) is 10.0 Å². The zero-order valence-electron chi connectivity index (χ0n) is 14.7. The van der Waals surface area contributed by atoms with Gasteiger partial charge in [0.15, 0.2) is 0 Å². The second-order valence-corrected chi connectivity index (χ2v) is 8.27. The summed E-state index contributed by atoms with van der Waals surface area (Å²) in [5.41, 5.74) is 1.17. The van der Waals surface area contributed by atoms with Crippen LogP contribution in [0.4, 0.5) is 0 Å². The third kappa shape index (κ3) is 4.84. The topological polar surface area (TPSA) is 84.5 Å². The van der Waals surface area contributed by atoms with Gasteiger partial charge >= 0.3 is 0 Å². The summed E-state index contributed by atoms with van der Waals surface area (Å²) in [6.07, 6.45) is 0. The van der Waals surface area contributed by atoms with Crippen LogP contribution in [-0.2, 0) is 10.0 Å². The third-order valence-electron chi connectivity index (χ3n) is 3.75. The second kappa shape index (κ2) is 8.66. The van der Waals surface area contributed by atoms with Gasteiger partial charge in [-0.15, -0.1) is 0 Å². The number of carbonyl (C=O) groups excluding carboxylic acids is 1. The lowest BCUT2D eigenvalue weighted by molar-refractivity contribution is 0.0939. The lowest BCUT2D eigenvalue weighted by atomic mass is 10.1. The molecular formula is C18H21BrN2O4S. The number of rotatable bonds is 7.